The van der Waals surface area contributed by atoms with Crippen molar-refractivity contribution >= 4 is 33.2 Å². The lowest BCUT2D eigenvalue weighted by Gasteiger charge is -2.05. The highest BCUT2D eigenvalue weighted by Gasteiger charge is 2.16. The summed E-state index contributed by atoms with van der Waals surface area (Å²) in [5, 5.41) is 5.74. The molecule has 0 amide bonds. The molecule has 5 nitrogen and oxygen atoms in total. The number of aryl methyl sites for hydroxylation is 3. The third-order valence-electron chi connectivity index (χ3n) is 3.02. The lowest BCUT2D eigenvalue weighted by Crippen LogP contribution is -2.06. The molecule has 0 N–H and O–H groups in total. The first-order valence-corrected chi connectivity index (χ1v) is 7.70. The molecule has 0 spiro atoms. The number of thiophene rings is 1. The van der Waals surface area contributed by atoms with E-state index in [1.54, 1.807) is 16.0 Å². The highest BCUT2D eigenvalue weighted by Crippen LogP contribution is 2.29. The van der Waals surface area contributed by atoms with Crippen LogP contribution < -0.4 is 0 Å². The summed E-state index contributed by atoms with van der Waals surface area (Å²) in [7, 11) is 0. The minimum absolute atomic E-state index is 0.241. The summed E-state index contributed by atoms with van der Waals surface area (Å²) in [5.41, 5.74) is 0. The molecule has 0 fully saturated rings. The number of fused-ring (bicyclic) bond motifs is 1. The van der Waals surface area contributed by atoms with Gasteiger partial charge in [-0.3, -0.25) is 0 Å². The number of nitrogens with zero attached hydrogens (tertiary/aromatic N) is 5. The summed E-state index contributed by atoms with van der Waals surface area (Å²) in [6.07, 6.45) is 1.59. The van der Waals surface area contributed by atoms with E-state index in [1.807, 2.05) is 13.8 Å². The zero-order valence-corrected chi connectivity index (χ0v) is 13.1. The third kappa shape index (κ3) is 2.19. The van der Waals surface area contributed by atoms with E-state index in [2.05, 4.69) is 33.0 Å². The molecular weight excluding hydrogens is 294 g/mol. The average molecular weight is 308 g/mol. The van der Waals surface area contributed by atoms with E-state index in [0.29, 0.717) is 5.82 Å². The van der Waals surface area contributed by atoms with Crippen molar-refractivity contribution in [3.8, 4) is 5.82 Å². The Morgan fingerprint density at radius 1 is 1.20 bits per heavy atom. The second-order valence-corrected chi connectivity index (χ2v) is 6.03. The maximum absolute atomic E-state index is 6.04. The SMILES string of the molecule is CCc1nc(CC)n(-c2nc(Cl)nc3sc(C)cc23)n1. The molecule has 0 unspecified atom stereocenters. The summed E-state index contributed by atoms with van der Waals surface area (Å²) in [5.74, 6) is 2.42. The normalized spacial score (nSPS) is 11.4. The molecule has 0 aliphatic heterocycles. The fourth-order valence-electron chi connectivity index (χ4n) is 2.10. The van der Waals surface area contributed by atoms with Gasteiger partial charge < -0.3 is 0 Å². The standard InChI is InChI=1S/C13H14ClN5S/c1-4-9-15-10(5-2)19(18-9)11-8-6-7(3)20-12(8)17-13(14)16-11/h6H,4-5H2,1-3H3. The van der Waals surface area contributed by atoms with E-state index in [0.717, 1.165) is 34.7 Å². The van der Waals surface area contributed by atoms with Gasteiger partial charge in [0.1, 0.15) is 10.7 Å². The Labute approximate surface area is 125 Å². The first kappa shape index (κ1) is 13.5. The van der Waals surface area contributed by atoms with Gasteiger partial charge in [-0.2, -0.15) is 9.67 Å². The van der Waals surface area contributed by atoms with Gasteiger partial charge in [-0.1, -0.05) is 13.8 Å². The van der Waals surface area contributed by atoms with Crippen LogP contribution in [0.15, 0.2) is 6.07 Å². The number of halogens is 1. The molecule has 0 bridgehead atoms. The van der Waals surface area contributed by atoms with Gasteiger partial charge in [0.25, 0.3) is 0 Å². The fourth-order valence-corrected chi connectivity index (χ4v) is 3.19. The zero-order chi connectivity index (χ0) is 14.3. The molecule has 3 aromatic rings. The lowest BCUT2D eigenvalue weighted by atomic mass is 10.3. The maximum Gasteiger partial charge on any atom is 0.225 e. The average Bonchev–Trinajstić information content (AvgIpc) is 2.99. The van der Waals surface area contributed by atoms with Crippen LogP contribution in [0.1, 0.15) is 30.4 Å². The molecule has 3 rings (SSSR count). The maximum atomic E-state index is 6.04. The van der Waals surface area contributed by atoms with Crippen LogP contribution in [0.5, 0.6) is 0 Å². The van der Waals surface area contributed by atoms with Gasteiger partial charge in [-0.25, -0.2) is 9.97 Å². The van der Waals surface area contributed by atoms with Gasteiger partial charge >= 0.3 is 0 Å². The topological polar surface area (TPSA) is 56.5 Å². The highest BCUT2D eigenvalue weighted by molar-refractivity contribution is 7.18. The summed E-state index contributed by atoms with van der Waals surface area (Å²) in [4.78, 5) is 15.2. The van der Waals surface area contributed by atoms with Crippen LogP contribution in [-0.2, 0) is 12.8 Å². The molecule has 7 heteroatoms. The molecule has 0 aliphatic rings. The van der Waals surface area contributed by atoms with E-state index in [4.69, 9.17) is 11.6 Å². The first-order chi connectivity index (χ1) is 9.62. The highest BCUT2D eigenvalue weighted by atomic mass is 35.5. The summed E-state index contributed by atoms with van der Waals surface area (Å²) in [6, 6.07) is 2.07. The van der Waals surface area contributed by atoms with Crippen molar-refractivity contribution in [2.24, 2.45) is 0 Å². The van der Waals surface area contributed by atoms with Crippen LogP contribution in [0, 0.1) is 6.92 Å². The van der Waals surface area contributed by atoms with Crippen molar-refractivity contribution in [3.05, 3.63) is 27.9 Å². The van der Waals surface area contributed by atoms with Crippen LogP contribution in [0.3, 0.4) is 0 Å². The van der Waals surface area contributed by atoms with E-state index < -0.39 is 0 Å². The van der Waals surface area contributed by atoms with Gasteiger partial charge in [-0.05, 0) is 24.6 Å². The third-order valence-corrected chi connectivity index (χ3v) is 4.13. The molecular formula is C13H14ClN5S. The Hall–Kier alpha value is -1.53. The molecule has 0 aromatic carbocycles. The molecule has 0 aliphatic carbocycles. The van der Waals surface area contributed by atoms with Gasteiger partial charge in [0, 0.05) is 17.7 Å². The second-order valence-electron chi connectivity index (χ2n) is 4.46. The molecule has 20 heavy (non-hydrogen) atoms. The lowest BCUT2D eigenvalue weighted by molar-refractivity contribution is 0.773. The van der Waals surface area contributed by atoms with Crippen molar-refractivity contribution < 1.29 is 0 Å². The molecule has 3 heterocycles. The van der Waals surface area contributed by atoms with Gasteiger partial charge in [0.15, 0.2) is 11.6 Å². The summed E-state index contributed by atoms with van der Waals surface area (Å²) >= 11 is 7.65. The molecule has 104 valence electrons. The predicted octanol–water partition coefficient (Wildman–Crippen LogP) is 3.36. The Bertz CT molecular complexity index is 777. The molecule has 0 saturated carbocycles. The molecule has 0 radical (unpaired) electrons. The number of rotatable bonds is 3. The van der Waals surface area contributed by atoms with Gasteiger partial charge in [-0.15, -0.1) is 16.4 Å². The Morgan fingerprint density at radius 2 is 2.00 bits per heavy atom. The minimum Gasteiger partial charge on any atom is -0.216 e. The van der Waals surface area contributed by atoms with Crippen LogP contribution in [0.25, 0.3) is 16.0 Å². The predicted molar refractivity (Wildman–Crippen MR) is 80.8 cm³/mol. The Balaban J connectivity index is 2.30. The monoisotopic (exact) mass is 307 g/mol. The van der Waals surface area contributed by atoms with E-state index >= 15 is 0 Å². The van der Waals surface area contributed by atoms with Crippen LogP contribution in [0.4, 0.5) is 0 Å². The van der Waals surface area contributed by atoms with E-state index in [1.165, 1.54) is 4.88 Å². The van der Waals surface area contributed by atoms with Crippen LogP contribution >= 0.6 is 22.9 Å². The number of hydrogen-bond acceptors (Lipinski definition) is 5. The molecule has 3 aromatic heterocycles. The molecule has 0 atom stereocenters. The number of aromatic nitrogens is 5. The largest absolute Gasteiger partial charge is 0.225 e. The smallest absolute Gasteiger partial charge is 0.216 e. The van der Waals surface area contributed by atoms with Crippen LogP contribution in [0.2, 0.25) is 5.28 Å². The van der Waals surface area contributed by atoms with Crippen molar-refractivity contribution in [2.75, 3.05) is 0 Å². The van der Waals surface area contributed by atoms with Crippen molar-refractivity contribution in [1.29, 1.82) is 0 Å². The molecule has 0 saturated heterocycles. The van der Waals surface area contributed by atoms with Crippen molar-refractivity contribution in [3.63, 3.8) is 0 Å². The zero-order valence-electron chi connectivity index (χ0n) is 11.5. The number of hydrogen-bond donors (Lipinski definition) is 0. The minimum atomic E-state index is 0.241. The summed E-state index contributed by atoms with van der Waals surface area (Å²) < 4.78 is 1.79. The fraction of sp³-hybridized carbons (Fsp3) is 0.385. The van der Waals surface area contributed by atoms with Crippen molar-refractivity contribution in [1.82, 2.24) is 24.7 Å². The van der Waals surface area contributed by atoms with E-state index in [-0.39, 0.29) is 5.28 Å². The Morgan fingerprint density at radius 3 is 2.70 bits per heavy atom. The summed E-state index contributed by atoms with van der Waals surface area (Å²) in [6.45, 7) is 6.14. The van der Waals surface area contributed by atoms with Gasteiger partial charge in [0.2, 0.25) is 5.28 Å². The Kier molecular flexibility index (Phi) is 3.43. The van der Waals surface area contributed by atoms with E-state index in [9.17, 15) is 0 Å². The van der Waals surface area contributed by atoms with Gasteiger partial charge in [0.05, 0.1) is 5.39 Å². The quantitative estimate of drug-likeness (QED) is 0.696. The van der Waals surface area contributed by atoms with Crippen LogP contribution in [-0.4, -0.2) is 24.7 Å². The second kappa shape index (κ2) is 5.10. The van der Waals surface area contributed by atoms with Crippen molar-refractivity contribution in [2.45, 2.75) is 33.6 Å². The first-order valence-electron chi connectivity index (χ1n) is 6.51.